The number of likely N-dealkylation sites (N-methyl/N-ethyl adjacent to an activating group) is 1. The predicted octanol–water partition coefficient (Wildman–Crippen LogP) is 3.42. The van der Waals surface area contributed by atoms with E-state index in [9.17, 15) is 15.0 Å². The largest absolute Gasteiger partial charge is 0.512 e. The number of likely N-dealkylation sites (tertiary alicyclic amines) is 1. The summed E-state index contributed by atoms with van der Waals surface area (Å²) in [6.45, 7) is 7.23. The van der Waals surface area contributed by atoms with Crippen LogP contribution in [0.25, 0.3) is 17.0 Å². The molecule has 11 nitrogen and oxygen atoms in total. The Bertz CT molecular complexity index is 1310. The molecule has 2 fully saturated rings. The fraction of sp³-hybridized carbons (Fsp3) is 0.481. The molecule has 1 spiro atoms. The van der Waals surface area contributed by atoms with E-state index in [2.05, 4.69) is 10.2 Å². The molecule has 0 bridgehead atoms. The van der Waals surface area contributed by atoms with Crippen LogP contribution in [-0.2, 0) is 4.74 Å². The van der Waals surface area contributed by atoms with E-state index < -0.39 is 6.10 Å². The summed E-state index contributed by atoms with van der Waals surface area (Å²) in [6, 6.07) is 5.09. The third kappa shape index (κ3) is 5.52. The average Bonchev–Trinajstić information content (AvgIpc) is 2.83. The van der Waals surface area contributed by atoms with Gasteiger partial charge in [0.25, 0.3) is 0 Å². The number of amides is 1. The molecule has 2 aliphatic rings. The molecule has 12 heteroatoms. The highest BCUT2D eigenvalue weighted by Crippen LogP contribution is 2.43. The van der Waals surface area contributed by atoms with E-state index in [1.54, 1.807) is 37.1 Å². The number of carbonyl (C=O) groups excluding carboxylic acids is 1. The number of halogens is 1. The minimum absolute atomic E-state index is 0.0289. The maximum Gasteiger partial charge on any atom is 0.410 e. The zero-order valence-corrected chi connectivity index (χ0v) is 23.6. The highest BCUT2D eigenvalue weighted by Gasteiger charge is 2.56. The molecule has 2 saturated heterocycles. The molecule has 4 N–H and O–H groups in total. The number of aliphatic hydroxyl groups excluding tert-OH is 2. The van der Waals surface area contributed by atoms with Crippen molar-refractivity contribution in [2.75, 3.05) is 51.8 Å². The number of aliphatic hydroxyl groups is 2. The van der Waals surface area contributed by atoms with Crippen LogP contribution in [0.5, 0.6) is 5.75 Å². The second-order valence-corrected chi connectivity index (χ2v) is 10.5. The monoisotopic (exact) mass is 558 g/mol. The minimum atomic E-state index is -0.687. The Morgan fingerprint density at radius 1 is 1.31 bits per heavy atom. The van der Waals surface area contributed by atoms with E-state index in [0.717, 1.165) is 6.42 Å². The highest BCUT2D eigenvalue weighted by molar-refractivity contribution is 6.33. The van der Waals surface area contributed by atoms with Crippen LogP contribution in [0.1, 0.15) is 31.5 Å². The van der Waals surface area contributed by atoms with Crippen molar-refractivity contribution in [2.45, 2.75) is 38.8 Å². The van der Waals surface area contributed by atoms with Crippen molar-refractivity contribution in [2.24, 2.45) is 0 Å². The minimum Gasteiger partial charge on any atom is -0.512 e. The molecule has 3 heterocycles. The Morgan fingerprint density at radius 3 is 2.59 bits per heavy atom. The lowest BCUT2D eigenvalue weighted by Gasteiger charge is -2.62. The van der Waals surface area contributed by atoms with Gasteiger partial charge in [-0.05, 0) is 52.4 Å². The smallest absolute Gasteiger partial charge is 0.410 e. The Labute approximate surface area is 232 Å². The van der Waals surface area contributed by atoms with Crippen molar-refractivity contribution >= 4 is 34.8 Å². The molecule has 2 aromatic rings. The molecule has 210 valence electrons. The average molecular weight is 559 g/mol. The van der Waals surface area contributed by atoms with E-state index in [1.807, 2.05) is 6.92 Å². The molecular weight excluding hydrogens is 524 g/mol. The van der Waals surface area contributed by atoms with Gasteiger partial charge < -0.3 is 35.3 Å². The van der Waals surface area contributed by atoms with E-state index in [0.29, 0.717) is 71.0 Å². The number of carbonyl (C=O) groups is 1. The molecule has 0 unspecified atom stereocenters. The van der Waals surface area contributed by atoms with Crippen molar-refractivity contribution in [3.05, 3.63) is 40.2 Å². The number of aromatic nitrogens is 2. The van der Waals surface area contributed by atoms with Crippen LogP contribution in [0.15, 0.2) is 24.0 Å². The summed E-state index contributed by atoms with van der Waals surface area (Å²) in [7, 11) is 3.13. The fourth-order valence-corrected chi connectivity index (χ4v) is 5.33. The number of hydrogen-bond acceptors (Lipinski definition) is 10. The number of hydrogen-bond donors (Lipinski definition) is 4. The van der Waals surface area contributed by atoms with E-state index >= 15 is 0 Å². The molecule has 1 atom stereocenters. The number of methoxy groups -OCH3 is 1. The molecule has 1 aromatic carbocycles. The van der Waals surface area contributed by atoms with Gasteiger partial charge in [-0.2, -0.15) is 0 Å². The molecule has 2 aliphatic heterocycles. The number of nitrogens with zero attached hydrogens (tertiary/aromatic N) is 4. The first-order valence-corrected chi connectivity index (χ1v) is 13.1. The zero-order valence-electron chi connectivity index (χ0n) is 22.8. The molecule has 0 aliphatic carbocycles. The van der Waals surface area contributed by atoms with Crippen LogP contribution >= 0.6 is 11.6 Å². The number of rotatable bonds is 9. The Kier molecular flexibility index (Phi) is 8.34. The molecule has 4 rings (SSSR count). The van der Waals surface area contributed by atoms with Crippen LogP contribution in [-0.4, -0.2) is 95.5 Å². The van der Waals surface area contributed by atoms with Gasteiger partial charge in [-0.25, -0.2) is 14.8 Å². The van der Waals surface area contributed by atoms with Gasteiger partial charge >= 0.3 is 6.09 Å². The molecule has 0 radical (unpaired) electrons. The van der Waals surface area contributed by atoms with Crippen molar-refractivity contribution in [1.82, 2.24) is 20.2 Å². The third-order valence-corrected chi connectivity index (χ3v) is 7.52. The first-order chi connectivity index (χ1) is 18.5. The maximum absolute atomic E-state index is 12.2. The second kappa shape index (κ2) is 11.4. The SMILES string of the molecule is CNC[C@@H](O)COc1ccc(Cl)c(-c2nc(/C(C(C)=N)=C(\C)O)c(C)c(N3CC4(CCN4C(=O)OC)C3)n2)c1. The molecular formula is C27H35ClN6O5. The second-order valence-electron chi connectivity index (χ2n) is 10.0. The zero-order chi connectivity index (χ0) is 28.5. The lowest BCUT2D eigenvalue weighted by atomic mass is 9.77. The lowest BCUT2D eigenvalue weighted by molar-refractivity contribution is -0.0254. The van der Waals surface area contributed by atoms with Gasteiger partial charge in [0.1, 0.15) is 30.0 Å². The molecule has 1 amide bonds. The Balaban J connectivity index is 1.75. The maximum atomic E-state index is 12.2. The van der Waals surface area contributed by atoms with Crippen molar-refractivity contribution in [3.8, 4) is 17.1 Å². The van der Waals surface area contributed by atoms with Crippen LogP contribution in [0.4, 0.5) is 10.6 Å². The van der Waals surface area contributed by atoms with Gasteiger partial charge in [-0.15, -0.1) is 0 Å². The van der Waals surface area contributed by atoms with E-state index in [-0.39, 0.29) is 29.7 Å². The van der Waals surface area contributed by atoms with Crippen molar-refractivity contribution < 1.29 is 24.5 Å². The quantitative estimate of drug-likeness (QED) is 0.269. The molecule has 0 saturated carbocycles. The fourth-order valence-electron chi connectivity index (χ4n) is 5.13. The topological polar surface area (TPSA) is 144 Å². The van der Waals surface area contributed by atoms with Crippen molar-refractivity contribution in [3.63, 3.8) is 0 Å². The summed E-state index contributed by atoms with van der Waals surface area (Å²) >= 11 is 6.60. The van der Waals surface area contributed by atoms with Crippen LogP contribution in [0, 0.1) is 12.3 Å². The van der Waals surface area contributed by atoms with Gasteiger partial charge in [-0.3, -0.25) is 4.90 Å². The Morgan fingerprint density at radius 2 is 2.03 bits per heavy atom. The van der Waals surface area contributed by atoms with Crippen LogP contribution < -0.4 is 15.0 Å². The first kappa shape index (κ1) is 28.6. The number of nitrogens with one attached hydrogen (secondary N) is 2. The van der Waals surface area contributed by atoms with Gasteiger partial charge in [0, 0.05) is 43.0 Å². The van der Waals surface area contributed by atoms with Crippen LogP contribution in [0.3, 0.4) is 0 Å². The summed E-state index contributed by atoms with van der Waals surface area (Å²) in [4.78, 5) is 25.6. The molecule has 1 aromatic heterocycles. The standard InChI is InChI=1S/C27H35ClN6O5/c1-15-23(22(16(2)29)17(3)35)31-24(20-10-19(6-7-21(20)28)39-12-18(36)11-30-4)32-25(15)33-13-27(14-33)8-9-34(27)26(37)38-5/h6-7,10,18,29-30,35-36H,8-9,11-14H2,1-5H3/b22-17+,29-16?/t18-/m1/s1. The summed E-state index contributed by atoms with van der Waals surface area (Å²) in [5, 5.41) is 32.1. The Hall–Kier alpha value is -3.41. The van der Waals surface area contributed by atoms with E-state index in [1.165, 1.54) is 14.0 Å². The number of benzene rings is 1. The van der Waals surface area contributed by atoms with Crippen LogP contribution in [0.2, 0.25) is 5.02 Å². The summed E-state index contributed by atoms with van der Waals surface area (Å²) in [5.74, 6) is 1.39. The number of ether oxygens (including phenoxy) is 2. The van der Waals surface area contributed by atoms with Crippen molar-refractivity contribution in [1.29, 1.82) is 5.41 Å². The summed E-state index contributed by atoms with van der Waals surface area (Å²) in [6.07, 6.45) is -0.160. The predicted molar refractivity (Wildman–Crippen MR) is 150 cm³/mol. The van der Waals surface area contributed by atoms with Gasteiger partial charge in [-0.1, -0.05) is 11.6 Å². The third-order valence-electron chi connectivity index (χ3n) is 7.19. The molecule has 39 heavy (non-hydrogen) atoms. The highest BCUT2D eigenvalue weighted by atomic mass is 35.5. The lowest BCUT2D eigenvalue weighted by Crippen LogP contribution is -2.78. The van der Waals surface area contributed by atoms with Gasteiger partial charge in [0.15, 0.2) is 5.82 Å². The number of allylic oxidation sites excluding steroid dienone is 2. The van der Waals surface area contributed by atoms with E-state index in [4.69, 9.17) is 36.5 Å². The number of anilines is 1. The first-order valence-electron chi connectivity index (χ1n) is 12.7. The van der Waals surface area contributed by atoms with Gasteiger partial charge in [0.05, 0.1) is 28.9 Å². The summed E-state index contributed by atoms with van der Waals surface area (Å²) in [5.41, 5.74) is 1.80. The summed E-state index contributed by atoms with van der Waals surface area (Å²) < 4.78 is 10.7. The van der Waals surface area contributed by atoms with Gasteiger partial charge in [0.2, 0.25) is 0 Å². The normalized spacial score (nSPS) is 17.2.